The van der Waals surface area contributed by atoms with Gasteiger partial charge in [0.1, 0.15) is 0 Å². The largest absolute Gasteiger partial charge is 0.481 e. The fraction of sp³-hybridized carbons (Fsp3) is 0.600. The van der Waals surface area contributed by atoms with E-state index in [0.717, 1.165) is 12.2 Å². The molecule has 5 heteroatoms. The summed E-state index contributed by atoms with van der Waals surface area (Å²) in [4.78, 5) is 10.2. The molecule has 1 aromatic heterocycles. The number of nitrogens with zero attached hydrogens (tertiary/aromatic N) is 2. The standard InChI is InChI=1S/C10H16N2O3/c1-2-12-9(5-6-11-12)8-15-7-3-4-10(13)14/h5-6H,2-4,7-8H2,1H3,(H,13,14). The monoisotopic (exact) mass is 212 g/mol. The summed E-state index contributed by atoms with van der Waals surface area (Å²) in [5.41, 5.74) is 1.02. The van der Waals surface area contributed by atoms with E-state index in [4.69, 9.17) is 9.84 Å². The molecule has 0 saturated carbocycles. The van der Waals surface area contributed by atoms with Gasteiger partial charge in [0.25, 0.3) is 0 Å². The molecule has 0 aromatic carbocycles. The number of carboxylic acid groups (broad SMARTS) is 1. The first-order valence-electron chi connectivity index (χ1n) is 5.04. The number of rotatable bonds is 7. The fourth-order valence-electron chi connectivity index (χ4n) is 1.27. The van der Waals surface area contributed by atoms with Gasteiger partial charge < -0.3 is 9.84 Å². The molecule has 1 aromatic rings. The lowest BCUT2D eigenvalue weighted by atomic mass is 10.3. The van der Waals surface area contributed by atoms with Crippen molar-refractivity contribution in [3.05, 3.63) is 18.0 Å². The highest BCUT2D eigenvalue weighted by Gasteiger charge is 2.01. The molecule has 1 N–H and O–H groups in total. The van der Waals surface area contributed by atoms with Crippen LogP contribution in [0.15, 0.2) is 12.3 Å². The molecule has 84 valence electrons. The molecule has 0 fully saturated rings. The molecule has 1 rings (SSSR count). The number of aromatic nitrogens is 2. The molecule has 0 bridgehead atoms. The minimum absolute atomic E-state index is 0.160. The van der Waals surface area contributed by atoms with E-state index in [0.29, 0.717) is 19.6 Å². The average Bonchev–Trinajstić information content (AvgIpc) is 2.64. The van der Waals surface area contributed by atoms with Gasteiger partial charge in [-0.2, -0.15) is 5.10 Å². The van der Waals surface area contributed by atoms with Crippen molar-refractivity contribution in [3.63, 3.8) is 0 Å². The van der Waals surface area contributed by atoms with Gasteiger partial charge >= 0.3 is 5.97 Å². The van der Waals surface area contributed by atoms with Crippen molar-refractivity contribution in [1.82, 2.24) is 9.78 Å². The van der Waals surface area contributed by atoms with Gasteiger partial charge in [0.05, 0.1) is 12.3 Å². The van der Waals surface area contributed by atoms with Crippen LogP contribution in [0, 0.1) is 0 Å². The summed E-state index contributed by atoms with van der Waals surface area (Å²) in [5, 5.41) is 12.5. The maximum absolute atomic E-state index is 10.2. The molecule has 15 heavy (non-hydrogen) atoms. The highest BCUT2D eigenvalue weighted by molar-refractivity contribution is 5.66. The number of carboxylic acids is 1. The van der Waals surface area contributed by atoms with Crippen LogP contribution in [0.2, 0.25) is 0 Å². The molecular formula is C10H16N2O3. The Hall–Kier alpha value is -1.36. The third-order valence-corrected chi connectivity index (χ3v) is 2.03. The Bertz CT molecular complexity index is 309. The predicted molar refractivity (Wildman–Crippen MR) is 54.4 cm³/mol. The molecule has 0 aliphatic rings. The van der Waals surface area contributed by atoms with E-state index in [1.54, 1.807) is 6.20 Å². The Kier molecular flexibility index (Phi) is 4.83. The molecule has 0 aliphatic heterocycles. The van der Waals surface area contributed by atoms with Crippen LogP contribution in [0.1, 0.15) is 25.5 Å². The molecule has 0 radical (unpaired) electrons. The number of hydrogen-bond acceptors (Lipinski definition) is 3. The molecule has 0 amide bonds. The molecular weight excluding hydrogens is 196 g/mol. The van der Waals surface area contributed by atoms with Crippen molar-refractivity contribution >= 4 is 5.97 Å². The average molecular weight is 212 g/mol. The van der Waals surface area contributed by atoms with Crippen LogP contribution in [0.3, 0.4) is 0 Å². The molecule has 5 nitrogen and oxygen atoms in total. The summed E-state index contributed by atoms with van der Waals surface area (Å²) in [5.74, 6) is -0.780. The van der Waals surface area contributed by atoms with E-state index in [1.165, 1.54) is 0 Å². The third-order valence-electron chi connectivity index (χ3n) is 2.03. The molecule has 0 saturated heterocycles. The lowest BCUT2D eigenvalue weighted by Crippen LogP contribution is -2.06. The SMILES string of the molecule is CCn1nccc1COCCCC(=O)O. The highest BCUT2D eigenvalue weighted by Crippen LogP contribution is 2.01. The Balaban J connectivity index is 2.17. The van der Waals surface area contributed by atoms with Gasteiger partial charge in [0.15, 0.2) is 0 Å². The van der Waals surface area contributed by atoms with Crippen LogP contribution in [0.25, 0.3) is 0 Å². The number of carbonyl (C=O) groups is 1. The molecule has 0 atom stereocenters. The summed E-state index contributed by atoms with van der Waals surface area (Å²) in [6.45, 7) is 3.80. The van der Waals surface area contributed by atoms with Crippen molar-refractivity contribution in [2.75, 3.05) is 6.61 Å². The highest BCUT2D eigenvalue weighted by atomic mass is 16.5. The second-order valence-corrected chi connectivity index (χ2v) is 3.19. The van der Waals surface area contributed by atoms with E-state index in [1.807, 2.05) is 17.7 Å². The van der Waals surface area contributed by atoms with Crippen molar-refractivity contribution in [3.8, 4) is 0 Å². The summed E-state index contributed by atoms with van der Waals surface area (Å²) < 4.78 is 7.21. The third kappa shape index (κ3) is 4.12. The maximum atomic E-state index is 10.2. The van der Waals surface area contributed by atoms with Gasteiger partial charge in [-0.05, 0) is 19.4 Å². The molecule has 0 aliphatic carbocycles. The number of ether oxygens (including phenoxy) is 1. The van der Waals surface area contributed by atoms with Crippen LogP contribution >= 0.6 is 0 Å². The number of aliphatic carboxylic acids is 1. The normalized spacial score (nSPS) is 10.5. The summed E-state index contributed by atoms with van der Waals surface area (Å²) in [6, 6.07) is 1.90. The lowest BCUT2D eigenvalue weighted by Gasteiger charge is -2.05. The number of hydrogen-bond donors (Lipinski definition) is 1. The summed E-state index contributed by atoms with van der Waals surface area (Å²) in [6.07, 6.45) is 2.45. The van der Waals surface area contributed by atoms with E-state index in [-0.39, 0.29) is 6.42 Å². The minimum Gasteiger partial charge on any atom is -0.481 e. The predicted octanol–water partition coefficient (Wildman–Crippen LogP) is 1.28. The Morgan fingerprint density at radius 3 is 3.13 bits per heavy atom. The van der Waals surface area contributed by atoms with E-state index in [2.05, 4.69) is 5.10 Å². The first-order chi connectivity index (χ1) is 7.24. The Morgan fingerprint density at radius 1 is 1.67 bits per heavy atom. The van der Waals surface area contributed by atoms with Gasteiger partial charge in [-0.15, -0.1) is 0 Å². The van der Waals surface area contributed by atoms with Crippen LogP contribution in [-0.4, -0.2) is 27.5 Å². The summed E-state index contributed by atoms with van der Waals surface area (Å²) >= 11 is 0. The zero-order valence-electron chi connectivity index (χ0n) is 8.85. The second kappa shape index (κ2) is 6.19. The van der Waals surface area contributed by atoms with E-state index in [9.17, 15) is 4.79 Å². The van der Waals surface area contributed by atoms with Gasteiger partial charge in [0.2, 0.25) is 0 Å². The van der Waals surface area contributed by atoms with E-state index < -0.39 is 5.97 Å². The van der Waals surface area contributed by atoms with Crippen molar-refractivity contribution in [1.29, 1.82) is 0 Å². The van der Waals surface area contributed by atoms with Crippen LogP contribution < -0.4 is 0 Å². The molecule has 0 unspecified atom stereocenters. The maximum Gasteiger partial charge on any atom is 0.303 e. The first kappa shape index (κ1) is 11.7. The van der Waals surface area contributed by atoms with E-state index >= 15 is 0 Å². The number of aryl methyl sites for hydroxylation is 1. The zero-order valence-corrected chi connectivity index (χ0v) is 8.85. The van der Waals surface area contributed by atoms with Crippen molar-refractivity contribution in [2.24, 2.45) is 0 Å². The smallest absolute Gasteiger partial charge is 0.303 e. The first-order valence-corrected chi connectivity index (χ1v) is 5.04. The second-order valence-electron chi connectivity index (χ2n) is 3.19. The fourth-order valence-corrected chi connectivity index (χ4v) is 1.27. The van der Waals surface area contributed by atoms with Crippen molar-refractivity contribution in [2.45, 2.75) is 32.9 Å². The minimum atomic E-state index is -0.780. The van der Waals surface area contributed by atoms with Crippen LogP contribution in [-0.2, 0) is 22.7 Å². The quantitative estimate of drug-likeness (QED) is 0.691. The van der Waals surface area contributed by atoms with Gasteiger partial charge in [0, 0.05) is 25.8 Å². The summed E-state index contributed by atoms with van der Waals surface area (Å²) in [7, 11) is 0. The Labute approximate surface area is 88.7 Å². The van der Waals surface area contributed by atoms with Gasteiger partial charge in [-0.1, -0.05) is 0 Å². The topological polar surface area (TPSA) is 64.4 Å². The molecule has 0 spiro atoms. The van der Waals surface area contributed by atoms with Gasteiger partial charge in [-0.3, -0.25) is 9.48 Å². The lowest BCUT2D eigenvalue weighted by molar-refractivity contribution is -0.137. The molecule has 1 heterocycles. The van der Waals surface area contributed by atoms with Crippen LogP contribution in [0.5, 0.6) is 0 Å². The van der Waals surface area contributed by atoms with Crippen LogP contribution in [0.4, 0.5) is 0 Å². The Morgan fingerprint density at radius 2 is 2.47 bits per heavy atom. The zero-order chi connectivity index (χ0) is 11.1. The van der Waals surface area contributed by atoms with Gasteiger partial charge in [-0.25, -0.2) is 0 Å². The van der Waals surface area contributed by atoms with Crippen molar-refractivity contribution < 1.29 is 14.6 Å².